The lowest BCUT2D eigenvalue weighted by atomic mass is 10.1. The van der Waals surface area contributed by atoms with E-state index in [2.05, 4.69) is 18.8 Å². The lowest BCUT2D eigenvalue weighted by Gasteiger charge is -2.21. The highest BCUT2D eigenvalue weighted by molar-refractivity contribution is 7.61. The van der Waals surface area contributed by atoms with Crippen LogP contribution in [-0.4, -0.2) is 83.4 Å². The standard InChI is InChI=1S/C15H22N6O12P2/c16-12-9-13-18-4-20(12)14-11(24)10(23)7(32-14)3-30-35(27,28)33-34(25,26)29-2-6-5(22)1-8(31-6)21(13)15(17)19-9/h4-8,10-11,14,16,22-24H,1-3H2,(H4,17,19,25,26,27,28)/p+1/t5-,6+,7+,8+,10+,11+,14+/m0/s1. The Kier molecular flexibility index (Phi) is 6.15. The zero-order valence-electron chi connectivity index (χ0n) is 17.7. The molecule has 6 heterocycles. The molecule has 4 aliphatic heterocycles. The third-order valence-corrected chi connectivity index (χ3v) is 8.45. The second-order valence-electron chi connectivity index (χ2n) is 8.14. The van der Waals surface area contributed by atoms with Crippen LogP contribution >= 0.6 is 15.6 Å². The molecular formula is C15H23N6O12P2+. The van der Waals surface area contributed by atoms with Crippen LogP contribution in [0.25, 0.3) is 11.2 Å². The van der Waals surface area contributed by atoms with Crippen molar-refractivity contribution in [2.45, 2.75) is 49.4 Å². The first-order chi connectivity index (χ1) is 16.4. The summed E-state index contributed by atoms with van der Waals surface area (Å²) in [4.78, 5) is 28.1. The van der Waals surface area contributed by atoms with Gasteiger partial charge in [-0.25, -0.2) is 18.7 Å². The summed E-state index contributed by atoms with van der Waals surface area (Å²) in [6.07, 6.45) is -8.01. The van der Waals surface area contributed by atoms with Crippen LogP contribution in [-0.2, 0) is 32.0 Å². The number of hydrogen-bond acceptors (Lipinski definition) is 14. The molecule has 2 unspecified atom stereocenters. The van der Waals surface area contributed by atoms with Crippen LogP contribution in [0.3, 0.4) is 0 Å². The van der Waals surface area contributed by atoms with Crippen LogP contribution in [0.4, 0.5) is 11.8 Å². The molecule has 0 spiro atoms. The van der Waals surface area contributed by atoms with Crippen molar-refractivity contribution in [2.24, 2.45) is 0 Å². The van der Waals surface area contributed by atoms with Gasteiger partial charge in [0, 0.05) is 6.42 Å². The molecule has 18 nitrogen and oxygen atoms in total. The molecule has 0 aromatic carbocycles. The van der Waals surface area contributed by atoms with Crippen LogP contribution < -0.4 is 16.0 Å². The normalized spacial score (nSPS) is 42.5. The quantitative estimate of drug-likeness (QED) is 0.133. The van der Waals surface area contributed by atoms with Gasteiger partial charge in [0.15, 0.2) is 5.52 Å². The number of aliphatic hydroxyl groups is 3. The Balaban J connectivity index is 1.58. The van der Waals surface area contributed by atoms with Crippen molar-refractivity contribution in [1.29, 1.82) is 0 Å². The summed E-state index contributed by atoms with van der Waals surface area (Å²) in [5, 5.41) is 31.2. The highest BCUT2D eigenvalue weighted by atomic mass is 31.3. The van der Waals surface area contributed by atoms with Gasteiger partial charge in [-0.2, -0.15) is 4.31 Å². The highest BCUT2D eigenvalue weighted by Gasteiger charge is 2.49. The number of ether oxygens (including phenoxy) is 2. The summed E-state index contributed by atoms with van der Waals surface area (Å²) in [5.41, 5.74) is 12.5. The van der Waals surface area contributed by atoms with Crippen LogP contribution in [0.5, 0.6) is 0 Å². The molecule has 2 saturated heterocycles. The van der Waals surface area contributed by atoms with Gasteiger partial charge in [-0.15, -0.1) is 0 Å². The number of phosphoric acid groups is 2. The second-order valence-corrected chi connectivity index (χ2v) is 11.2. The van der Waals surface area contributed by atoms with Gasteiger partial charge in [-0.3, -0.25) is 13.6 Å². The molecule has 2 aromatic heterocycles. The van der Waals surface area contributed by atoms with Gasteiger partial charge >= 0.3 is 15.6 Å². The lowest BCUT2D eigenvalue weighted by molar-refractivity contribution is -0.754. The Labute approximate surface area is 195 Å². The predicted molar refractivity (Wildman–Crippen MR) is 110 cm³/mol. The first-order valence-corrected chi connectivity index (χ1v) is 13.2. The van der Waals surface area contributed by atoms with E-state index < -0.39 is 71.8 Å². The number of nitrogen functional groups attached to an aromatic ring is 2. The van der Waals surface area contributed by atoms with Gasteiger partial charge in [0.25, 0.3) is 5.82 Å². The van der Waals surface area contributed by atoms with Crippen molar-refractivity contribution in [3.8, 4) is 0 Å². The third kappa shape index (κ3) is 4.46. The smallest absolute Gasteiger partial charge is 0.390 e. The minimum absolute atomic E-state index is 0.0450. The molecule has 0 saturated carbocycles. The van der Waals surface area contributed by atoms with Crippen molar-refractivity contribution < 1.29 is 61.6 Å². The van der Waals surface area contributed by atoms with E-state index >= 15 is 0 Å². The number of aromatic nitrogens is 4. The SMILES string of the molecule is Nc1nc2c(N)[n+]3cnc2n1[C@H]1C[C@H](O)[C@@H](COP(=O)(O)OP(=O)(O)OC[C@H]2O[C@@H]3[C@H](O)[C@@H]2O)O1. The van der Waals surface area contributed by atoms with Crippen molar-refractivity contribution in [3.05, 3.63) is 6.33 Å². The van der Waals surface area contributed by atoms with Gasteiger partial charge in [0.1, 0.15) is 30.6 Å². The van der Waals surface area contributed by atoms with Crippen LogP contribution in [0.15, 0.2) is 6.33 Å². The van der Waals surface area contributed by atoms with Gasteiger partial charge in [-0.05, 0) is 0 Å². The molecule has 0 radical (unpaired) electrons. The molecule has 35 heavy (non-hydrogen) atoms. The molecule has 4 aliphatic rings. The number of nitrogens with zero attached hydrogens (tertiary/aromatic N) is 4. The van der Waals surface area contributed by atoms with Crippen molar-refractivity contribution >= 4 is 38.6 Å². The molecule has 2 fully saturated rings. The van der Waals surface area contributed by atoms with E-state index in [0.29, 0.717) is 0 Å². The number of rotatable bonds is 0. The molecule has 9 N–H and O–H groups in total. The number of hydrogen-bond donors (Lipinski definition) is 7. The number of phosphoric ester groups is 2. The molecule has 194 valence electrons. The molecule has 9 atom stereocenters. The minimum atomic E-state index is -5.21. The second kappa shape index (κ2) is 8.65. The van der Waals surface area contributed by atoms with Gasteiger partial charge < -0.3 is 46.0 Å². The fourth-order valence-corrected chi connectivity index (χ4v) is 6.25. The topological polar surface area (TPSA) is 268 Å². The Bertz CT molecular complexity index is 1240. The number of anilines is 2. The predicted octanol–water partition coefficient (Wildman–Crippen LogP) is -2.58. The number of aliphatic hydroxyl groups excluding tert-OH is 3. The van der Waals surface area contributed by atoms with Crippen LogP contribution in [0.2, 0.25) is 0 Å². The average Bonchev–Trinajstić information content (AvgIpc) is 3.38. The van der Waals surface area contributed by atoms with E-state index in [0.717, 1.165) is 0 Å². The van der Waals surface area contributed by atoms with Crippen molar-refractivity contribution in [2.75, 3.05) is 24.7 Å². The largest absolute Gasteiger partial charge is 0.481 e. The summed E-state index contributed by atoms with van der Waals surface area (Å²) in [5.74, 6) is -0.125. The van der Waals surface area contributed by atoms with Gasteiger partial charge in [0.2, 0.25) is 24.2 Å². The summed E-state index contributed by atoms with van der Waals surface area (Å²) >= 11 is 0. The Morgan fingerprint density at radius 1 is 1.03 bits per heavy atom. The van der Waals surface area contributed by atoms with Crippen LogP contribution in [0, 0.1) is 0 Å². The van der Waals surface area contributed by atoms with E-state index in [1.807, 2.05) is 0 Å². The monoisotopic (exact) mass is 541 g/mol. The maximum Gasteiger partial charge on any atom is 0.481 e. The summed E-state index contributed by atoms with van der Waals surface area (Å²) in [6, 6.07) is 0. The number of imidazole rings is 1. The molecule has 20 heteroatoms. The summed E-state index contributed by atoms with van der Waals surface area (Å²) < 4.78 is 51.8. The van der Waals surface area contributed by atoms with E-state index in [9.17, 15) is 34.2 Å². The highest BCUT2D eigenvalue weighted by Crippen LogP contribution is 2.60. The number of nitrogens with two attached hydrogens (primary N) is 2. The Hall–Kier alpha value is -1.79. The zero-order valence-corrected chi connectivity index (χ0v) is 19.5. The molecular weight excluding hydrogens is 518 g/mol. The maximum absolute atomic E-state index is 12.2. The number of fused-ring (bicyclic) bond motifs is 7. The van der Waals surface area contributed by atoms with Gasteiger partial charge in [0.05, 0.1) is 19.3 Å². The van der Waals surface area contributed by atoms with Gasteiger partial charge in [-0.1, -0.05) is 4.98 Å². The lowest BCUT2D eigenvalue weighted by Crippen LogP contribution is -2.48. The maximum atomic E-state index is 12.2. The first-order valence-electron chi connectivity index (χ1n) is 10.2. The first kappa shape index (κ1) is 24.9. The van der Waals surface area contributed by atoms with E-state index in [1.54, 1.807) is 0 Å². The van der Waals surface area contributed by atoms with E-state index in [4.69, 9.17) is 25.5 Å². The summed E-state index contributed by atoms with van der Waals surface area (Å²) in [6.45, 7) is -1.53. The zero-order chi connectivity index (χ0) is 25.3. The average molecular weight is 541 g/mol. The summed E-state index contributed by atoms with van der Waals surface area (Å²) in [7, 11) is -10.4. The van der Waals surface area contributed by atoms with Crippen LogP contribution in [0.1, 0.15) is 18.9 Å². The minimum Gasteiger partial charge on any atom is -0.390 e. The fraction of sp³-hybridized carbons (Fsp3) is 0.667. The molecule has 0 aliphatic carbocycles. The fourth-order valence-electron chi connectivity index (χ4n) is 4.16. The van der Waals surface area contributed by atoms with Crippen molar-refractivity contribution in [3.63, 3.8) is 0 Å². The molecule has 0 amide bonds. The van der Waals surface area contributed by atoms with E-state index in [-0.39, 0.29) is 29.4 Å². The van der Waals surface area contributed by atoms with Crippen molar-refractivity contribution in [1.82, 2.24) is 14.5 Å². The Morgan fingerprint density at radius 3 is 2.37 bits per heavy atom. The molecule has 8 bridgehead atoms. The van der Waals surface area contributed by atoms with E-state index in [1.165, 1.54) is 15.5 Å². The molecule has 2 aromatic rings. The Morgan fingerprint density at radius 2 is 1.69 bits per heavy atom. The molecule has 6 rings (SSSR count). The third-order valence-electron chi connectivity index (χ3n) is 5.85.